The van der Waals surface area contributed by atoms with Gasteiger partial charge in [0.1, 0.15) is 23.1 Å². The monoisotopic (exact) mass is 653 g/mol. The molecule has 2 aromatic carbocycles. The molecule has 4 rings (SSSR count). The Morgan fingerprint density at radius 3 is 2.42 bits per heavy atom. The number of carbonyl (C=O) groups is 2. The lowest BCUT2D eigenvalue weighted by atomic mass is 10.0. The normalized spacial score (nSPS) is 11.5. The lowest BCUT2D eigenvalue weighted by Gasteiger charge is -2.11. The van der Waals surface area contributed by atoms with Gasteiger partial charge in [-0.15, -0.1) is 11.3 Å². The summed E-state index contributed by atoms with van der Waals surface area (Å²) in [6.07, 6.45) is 2.85. The number of imidazole rings is 1. The van der Waals surface area contributed by atoms with E-state index >= 15 is 0 Å². The summed E-state index contributed by atoms with van der Waals surface area (Å²) in [5.74, 6) is 1.18. The highest BCUT2D eigenvalue weighted by atomic mass is 32.2. The number of unbranched alkanes of at least 4 members (excludes halogenated alkanes) is 1. The van der Waals surface area contributed by atoms with Gasteiger partial charge in [0.2, 0.25) is 5.88 Å². The van der Waals surface area contributed by atoms with Crippen molar-refractivity contribution in [2.45, 2.75) is 46.6 Å². The highest BCUT2D eigenvalue weighted by molar-refractivity contribution is 8.07. The number of rotatable bonds is 16. The van der Waals surface area contributed by atoms with Crippen LogP contribution in [0.25, 0.3) is 22.5 Å². The van der Waals surface area contributed by atoms with Crippen molar-refractivity contribution in [1.82, 2.24) is 9.55 Å². The van der Waals surface area contributed by atoms with Crippen LogP contribution in [0, 0.1) is 5.92 Å². The number of sulfonamides is 1. The molecular weight excluding hydrogens is 615 g/mol. The summed E-state index contributed by atoms with van der Waals surface area (Å²) >= 11 is 1.31. The molecule has 0 spiro atoms. The molecule has 45 heavy (non-hydrogen) atoms. The van der Waals surface area contributed by atoms with Crippen LogP contribution in [-0.4, -0.2) is 56.5 Å². The second-order valence-corrected chi connectivity index (χ2v) is 13.5. The lowest BCUT2D eigenvalue weighted by molar-refractivity contribution is 0.110. The molecule has 0 bridgehead atoms. The van der Waals surface area contributed by atoms with E-state index in [1.165, 1.54) is 11.3 Å². The Balaban J connectivity index is 1.65. The molecule has 0 fully saturated rings. The highest BCUT2D eigenvalue weighted by Crippen LogP contribution is 2.38. The fraction of sp³-hybridized carbons (Fsp3) is 0.364. The Kier molecular flexibility index (Phi) is 11.9. The molecule has 1 N–H and O–H groups in total. The third kappa shape index (κ3) is 8.80. The highest BCUT2D eigenvalue weighted by Gasteiger charge is 2.27. The number of nitrogens with one attached hydrogen (secondary N) is 1. The topological polar surface area (TPSA) is 126 Å². The summed E-state index contributed by atoms with van der Waals surface area (Å²) in [4.78, 5) is 30.2. The first-order chi connectivity index (χ1) is 21.7. The van der Waals surface area contributed by atoms with Gasteiger partial charge in [-0.3, -0.25) is 9.52 Å². The smallest absolute Gasteiger partial charge is 0.445 e. The molecule has 0 aliphatic carbocycles. The lowest BCUT2D eigenvalue weighted by Crippen LogP contribution is -2.24. The number of carbonyl (C=O) groups excluding carboxylic acids is 2. The van der Waals surface area contributed by atoms with Crippen molar-refractivity contribution < 1.29 is 32.2 Å². The average Bonchev–Trinajstić information content (AvgIpc) is 3.57. The Bertz CT molecular complexity index is 1680. The van der Waals surface area contributed by atoms with E-state index < -0.39 is 15.3 Å². The zero-order valence-electron chi connectivity index (χ0n) is 25.9. The van der Waals surface area contributed by atoms with Crippen molar-refractivity contribution in [3.8, 4) is 28.4 Å². The Morgan fingerprint density at radius 1 is 1.04 bits per heavy atom. The second kappa shape index (κ2) is 15.8. The first-order valence-electron chi connectivity index (χ1n) is 14.8. The molecule has 0 aliphatic rings. The number of hydrogen-bond donors (Lipinski definition) is 1. The summed E-state index contributed by atoms with van der Waals surface area (Å²) in [7, 11) is -2.82. The summed E-state index contributed by atoms with van der Waals surface area (Å²) in [5.41, 5.74) is 3.48. The van der Waals surface area contributed by atoms with Crippen molar-refractivity contribution >= 4 is 37.9 Å². The van der Waals surface area contributed by atoms with Gasteiger partial charge < -0.3 is 18.8 Å². The third-order valence-corrected chi connectivity index (χ3v) is 9.04. The number of aromatic nitrogens is 2. The van der Waals surface area contributed by atoms with Gasteiger partial charge in [-0.05, 0) is 36.0 Å². The summed E-state index contributed by atoms with van der Waals surface area (Å²) in [5, 5.41) is -0.935. The molecule has 0 unspecified atom stereocenters. The molecule has 0 saturated carbocycles. The number of methoxy groups -OCH3 is 1. The van der Waals surface area contributed by atoms with Crippen LogP contribution in [0.1, 0.15) is 54.5 Å². The number of ether oxygens (including phenoxy) is 3. The Morgan fingerprint density at radius 2 is 1.78 bits per heavy atom. The summed E-state index contributed by atoms with van der Waals surface area (Å²) < 4.78 is 45.8. The van der Waals surface area contributed by atoms with Gasteiger partial charge in [-0.2, -0.15) is 13.4 Å². The largest absolute Gasteiger partial charge is 0.474 e. The van der Waals surface area contributed by atoms with Gasteiger partial charge in [-0.25, -0.2) is 4.79 Å². The molecule has 12 heteroatoms. The van der Waals surface area contributed by atoms with Gasteiger partial charge >= 0.3 is 15.3 Å². The minimum atomic E-state index is -4.40. The third-order valence-electron chi connectivity index (χ3n) is 6.81. The van der Waals surface area contributed by atoms with Crippen LogP contribution in [0.3, 0.4) is 0 Å². The molecule has 0 saturated heterocycles. The van der Waals surface area contributed by atoms with Gasteiger partial charge in [0.15, 0.2) is 6.29 Å². The molecule has 0 amide bonds. The maximum atomic E-state index is 12.8. The maximum absolute atomic E-state index is 12.8. The van der Waals surface area contributed by atoms with Crippen LogP contribution in [0.15, 0.2) is 60.7 Å². The van der Waals surface area contributed by atoms with Crippen LogP contribution in [0.2, 0.25) is 0 Å². The van der Waals surface area contributed by atoms with Crippen molar-refractivity contribution in [2.75, 3.05) is 31.7 Å². The van der Waals surface area contributed by atoms with Crippen LogP contribution in [0.4, 0.5) is 9.80 Å². The number of anilines is 1. The van der Waals surface area contributed by atoms with Gasteiger partial charge in [0.25, 0.3) is 0 Å². The minimum Gasteiger partial charge on any atom is -0.474 e. The van der Waals surface area contributed by atoms with E-state index in [0.29, 0.717) is 47.6 Å². The molecule has 4 aromatic rings. The average molecular weight is 654 g/mol. The minimum absolute atomic E-state index is 0.0447. The summed E-state index contributed by atoms with van der Waals surface area (Å²) in [6.45, 7) is 7.09. The standard InChI is InChI=1S/C33H39N3O7S2/c1-5-6-16-43-33(38)45(39,40)35-32-28(20-27(44-32)19-23(2)3)25-14-12-24(13-15-25)21-36-29(22-37)31(42-18-17-41-4)34-30(36)26-10-8-7-9-11-26/h7-15,20,22-23,35H,5-6,16-19,21H2,1-4H3. The first kappa shape index (κ1) is 33.9. The summed E-state index contributed by atoms with van der Waals surface area (Å²) in [6, 6.07) is 19.1. The van der Waals surface area contributed by atoms with E-state index in [-0.39, 0.29) is 19.1 Å². The number of nitrogens with zero attached hydrogens (tertiary/aromatic N) is 2. The van der Waals surface area contributed by atoms with Crippen LogP contribution in [0.5, 0.6) is 5.88 Å². The number of benzene rings is 2. The predicted molar refractivity (Wildman–Crippen MR) is 177 cm³/mol. The predicted octanol–water partition coefficient (Wildman–Crippen LogP) is 7.04. The number of thiophene rings is 1. The molecule has 240 valence electrons. The fourth-order valence-corrected chi connectivity index (χ4v) is 6.92. The van der Waals surface area contributed by atoms with Gasteiger partial charge in [-0.1, -0.05) is 81.8 Å². The Labute approximate surface area is 268 Å². The van der Waals surface area contributed by atoms with Crippen LogP contribution in [-0.2, 0) is 32.5 Å². The fourth-order valence-electron chi connectivity index (χ4n) is 4.60. The van der Waals surface area contributed by atoms with E-state index in [1.807, 2.05) is 72.2 Å². The molecular formula is C33H39N3O7S2. The maximum Gasteiger partial charge on any atom is 0.445 e. The first-order valence-corrected chi connectivity index (χ1v) is 17.1. The van der Waals surface area contributed by atoms with E-state index in [4.69, 9.17) is 14.2 Å². The zero-order chi connectivity index (χ0) is 32.4. The van der Waals surface area contributed by atoms with E-state index in [1.54, 1.807) is 7.11 Å². The van der Waals surface area contributed by atoms with Crippen molar-refractivity contribution in [2.24, 2.45) is 5.92 Å². The zero-order valence-corrected chi connectivity index (χ0v) is 27.6. The quantitative estimate of drug-likeness (QED) is 0.0775. The molecule has 0 radical (unpaired) electrons. The second-order valence-electron chi connectivity index (χ2n) is 10.8. The molecule has 2 heterocycles. The SMILES string of the molecule is CCCCOC(=O)S(=O)(=O)Nc1sc(CC(C)C)cc1-c1ccc(Cn2c(-c3ccccc3)nc(OCCOC)c2C=O)cc1. The molecule has 0 aliphatic heterocycles. The molecule has 10 nitrogen and oxygen atoms in total. The van der Waals surface area contributed by atoms with Crippen LogP contribution < -0.4 is 9.46 Å². The Hall–Kier alpha value is -4.00. The number of hydrogen-bond acceptors (Lipinski definition) is 9. The van der Waals surface area contributed by atoms with Gasteiger partial charge in [0, 0.05) is 29.7 Å². The van der Waals surface area contributed by atoms with E-state index in [9.17, 15) is 18.0 Å². The molecule has 0 atom stereocenters. The van der Waals surface area contributed by atoms with Gasteiger partial charge in [0.05, 0.1) is 13.2 Å². The van der Waals surface area contributed by atoms with Crippen molar-refractivity contribution in [3.63, 3.8) is 0 Å². The van der Waals surface area contributed by atoms with Crippen molar-refractivity contribution in [1.29, 1.82) is 0 Å². The van der Waals surface area contributed by atoms with E-state index in [2.05, 4.69) is 23.6 Å². The van der Waals surface area contributed by atoms with Crippen LogP contribution >= 0.6 is 11.3 Å². The van der Waals surface area contributed by atoms with Crippen molar-refractivity contribution in [3.05, 3.63) is 76.8 Å². The molecule has 2 aromatic heterocycles. The number of aldehydes is 1. The van der Waals surface area contributed by atoms with E-state index in [0.717, 1.165) is 40.7 Å².